The molecule has 0 radical (unpaired) electrons. The van der Waals surface area contributed by atoms with Gasteiger partial charge in [-0.1, -0.05) is 11.3 Å². The van der Waals surface area contributed by atoms with Gasteiger partial charge < -0.3 is 24.1 Å². The number of rotatable bonds is 8. The molecule has 10 nitrogen and oxygen atoms in total. The number of esters is 1. The van der Waals surface area contributed by atoms with Gasteiger partial charge in [-0.15, -0.1) is 0 Å². The van der Waals surface area contributed by atoms with Crippen LogP contribution in [-0.2, 0) is 14.3 Å². The SMILES string of the molecule is CCOC(=O)c1sc(N2C(=O)C(=O)/C(=C(/O)c3ccc(OC)cc3C)C2c2cc(OC)ccc2OC)nc1C. The second-order valence-electron chi connectivity index (χ2n) is 8.59. The number of benzene rings is 2. The maximum Gasteiger partial charge on any atom is 0.350 e. The Balaban J connectivity index is 2.00. The van der Waals surface area contributed by atoms with Crippen molar-refractivity contribution in [3.8, 4) is 17.2 Å². The molecular weight excluding hydrogens is 524 g/mol. The minimum absolute atomic E-state index is 0.0954. The van der Waals surface area contributed by atoms with Gasteiger partial charge in [-0.2, -0.15) is 0 Å². The molecule has 0 bridgehead atoms. The van der Waals surface area contributed by atoms with E-state index in [0.717, 1.165) is 11.3 Å². The Bertz CT molecular complexity index is 1490. The molecule has 1 atom stereocenters. The van der Waals surface area contributed by atoms with Crippen molar-refractivity contribution in [3.63, 3.8) is 0 Å². The Morgan fingerprint density at radius 1 is 1.03 bits per heavy atom. The van der Waals surface area contributed by atoms with Crippen molar-refractivity contribution in [1.29, 1.82) is 0 Å². The molecule has 1 fully saturated rings. The number of aryl methyl sites for hydroxylation is 2. The number of amides is 1. The molecule has 2 heterocycles. The number of aromatic nitrogens is 1. The second-order valence-corrected chi connectivity index (χ2v) is 9.57. The van der Waals surface area contributed by atoms with Crippen molar-refractivity contribution < 1.29 is 38.4 Å². The zero-order chi connectivity index (χ0) is 28.4. The molecule has 4 rings (SSSR count). The molecule has 2 aromatic carbocycles. The Morgan fingerprint density at radius 3 is 2.31 bits per heavy atom. The summed E-state index contributed by atoms with van der Waals surface area (Å²) in [4.78, 5) is 45.5. The number of ketones is 1. The molecule has 1 aliphatic heterocycles. The fraction of sp³-hybridized carbons (Fsp3) is 0.286. The molecule has 39 heavy (non-hydrogen) atoms. The van der Waals surface area contributed by atoms with Crippen LogP contribution in [0.2, 0.25) is 0 Å². The van der Waals surface area contributed by atoms with Gasteiger partial charge in [0.1, 0.15) is 33.9 Å². The Labute approximate surface area is 229 Å². The van der Waals surface area contributed by atoms with Crippen LogP contribution in [0.5, 0.6) is 17.2 Å². The fourth-order valence-electron chi connectivity index (χ4n) is 4.42. The highest BCUT2D eigenvalue weighted by atomic mass is 32.1. The summed E-state index contributed by atoms with van der Waals surface area (Å²) in [5, 5.41) is 11.6. The summed E-state index contributed by atoms with van der Waals surface area (Å²) in [6.45, 7) is 5.22. The molecule has 204 valence electrons. The third-order valence-corrected chi connectivity index (χ3v) is 7.45. The standard InChI is InChI=1S/C28H28N2O8S/c1-7-38-27(34)25-15(3)29-28(39-25)30-22(19-13-17(36-5)9-11-20(19)37-6)21(24(32)26(30)33)23(31)18-10-8-16(35-4)12-14(18)2/h8-13,22,31H,7H2,1-6H3/b23-21+. The molecule has 0 aliphatic carbocycles. The molecule has 1 aromatic heterocycles. The Hall–Kier alpha value is -4.38. The average Bonchev–Trinajstić information content (AvgIpc) is 3.44. The van der Waals surface area contributed by atoms with E-state index in [9.17, 15) is 19.5 Å². The number of Topliss-reactive ketones (excluding diaryl/α,β-unsaturated/α-hetero) is 1. The number of thiazole rings is 1. The predicted octanol–water partition coefficient (Wildman–Crippen LogP) is 4.59. The lowest BCUT2D eigenvalue weighted by atomic mass is 9.93. The van der Waals surface area contributed by atoms with Crippen LogP contribution in [0.15, 0.2) is 42.0 Å². The minimum Gasteiger partial charge on any atom is -0.507 e. The van der Waals surface area contributed by atoms with Crippen molar-refractivity contribution in [2.45, 2.75) is 26.8 Å². The third kappa shape index (κ3) is 4.92. The van der Waals surface area contributed by atoms with Crippen LogP contribution in [0.3, 0.4) is 0 Å². The van der Waals surface area contributed by atoms with Gasteiger partial charge in [0.05, 0.1) is 39.2 Å². The molecular formula is C28H28N2O8S. The van der Waals surface area contributed by atoms with Gasteiger partial charge in [0.2, 0.25) is 0 Å². The van der Waals surface area contributed by atoms with Crippen molar-refractivity contribution in [3.05, 3.63) is 69.2 Å². The van der Waals surface area contributed by atoms with Crippen LogP contribution < -0.4 is 19.1 Å². The number of anilines is 1. The molecule has 1 N–H and O–H groups in total. The van der Waals surface area contributed by atoms with E-state index in [2.05, 4.69) is 4.98 Å². The lowest BCUT2D eigenvalue weighted by Gasteiger charge is -2.25. The van der Waals surface area contributed by atoms with E-state index in [1.807, 2.05) is 0 Å². The Kier molecular flexibility index (Phi) is 7.91. The van der Waals surface area contributed by atoms with Gasteiger partial charge >= 0.3 is 11.9 Å². The van der Waals surface area contributed by atoms with Gasteiger partial charge in [-0.3, -0.25) is 14.5 Å². The van der Waals surface area contributed by atoms with E-state index < -0.39 is 23.7 Å². The zero-order valence-electron chi connectivity index (χ0n) is 22.4. The average molecular weight is 553 g/mol. The van der Waals surface area contributed by atoms with E-state index in [-0.39, 0.29) is 27.9 Å². The lowest BCUT2D eigenvalue weighted by Crippen LogP contribution is -2.29. The van der Waals surface area contributed by atoms with E-state index >= 15 is 0 Å². The first-order valence-electron chi connectivity index (χ1n) is 12.0. The van der Waals surface area contributed by atoms with Gasteiger partial charge in [0.25, 0.3) is 5.78 Å². The molecule has 1 unspecified atom stereocenters. The number of nitrogens with zero attached hydrogens (tertiary/aromatic N) is 2. The van der Waals surface area contributed by atoms with Crippen LogP contribution in [0, 0.1) is 13.8 Å². The van der Waals surface area contributed by atoms with Crippen LogP contribution in [0.1, 0.15) is 45.0 Å². The number of carbonyl (C=O) groups excluding carboxylic acids is 3. The zero-order valence-corrected chi connectivity index (χ0v) is 23.2. The molecule has 3 aromatic rings. The third-order valence-electron chi connectivity index (χ3n) is 6.32. The molecule has 11 heteroatoms. The lowest BCUT2D eigenvalue weighted by molar-refractivity contribution is -0.132. The highest BCUT2D eigenvalue weighted by molar-refractivity contribution is 7.17. The van der Waals surface area contributed by atoms with E-state index in [4.69, 9.17) is 18.9 Å². The maximum atomic E-state index is 13.6. The fourth-order valence-corrected chi connectivity index (χ4v) is 5.41. The van der Waals surface area contributed by atoms with Crippen molar-refractivity contribution in [2.75, 3.05) is 32.8 Å². The van der Waals surface area contributed by atoms with Gasteiger partial charge in [0.15, 0.2) is 5.13 Å². The van der Waals surface area contributed by atoms with Gasteiger partial charge in [-0.25, -0.2) is 9.78 Å². The quantitative estimate of drug-likeness (QED) is 0.185. The van der Waals surface area contributed by atoms with Gasteiger partial charge in [0, 0.05) is 11.1 Å². The number of hydrogen-bond donors (Lipinski definition) is 1. The summed E-state index contributed by atoms with van der Waals surface area (Å²) in [7, 11) is 4.46. The summed E-state index contributed by atoms with van der Waals surface area (Å²) in [5.41, 5.74) is 1.55. The molecule has 1 amide bonds. The highest BCUT2D eigenvalue weighted by Crippen LogP contribution is 2.47. The highest BCUT2D eigenvalue weighted by Gasteiger charge is 2.49. The monoisotopic (exact) mass is 552 g/mol. The molecule has 1 saturated heterocycles. The maximum absolute atomic E-state index is 13.6. The molecule has 0 spiro atoms. The molecule has 0 saturated carbocycles. The van der Waals surface area contributed by atoms with Crippen LogP contribution in [-0.4, -0.2) is 55.7 Å². The van der Waals surface area contributed by atoms with Crippen molar-refractivity contribution >= 4 is 39.9 Å². The van der Waals surface area contributed by atoms with Crippen LogP contribution in [0.4, 0.5) is 5.13 Å². The number of aliphatic hydroxyl groups is 1. The Morgan fingerprint density at radius 2 is 1.69 bits per heavy atom. The first-order valence-corrected chi connectivity index (χ1v) is 12.8. The smallest absolute Gasteiger partial charge is 0.350 e. The normalized spacial score (nSPS) is 16.4. The van der Waals surface area contributed by atoms with E-state index in [0.29, 0.717) is 39.6 Å². The number of ether oxygens (including phenoxy) is 4. The number of methoxy groups -OCH3 is 3. The second kappa shape index (κ2) is 11.2. The topological polar surface area (TPSA) is 124 Å². The first-order chi connectivity index (χ1) is 18.7. The molecule has 1 aliphatic rings. The van der Waals surface area contributed by atoms with Crippen LogP contribution in [0.25, 0.3) is 5.76 Å². The summed E-state index contributed by atoms with van der Waals surface area (Å²) in [5.74, 6) is -1.42. The number of hydrogen-bond acceptors (Lipinski definition) is 10. The summed E-state index contributed by atoms with van der Waals surface area (Å²) in [6.07, 6.45) is 0. The van der Waals surface area contributed by atoms with Gasteiger partial charge in [-0.05, 0) is 62.7 Å². The van der Waals surface area contributed by atoms with Crippen molar-refractivity contribution in [2.24, 2.45) is 0 Å². The number of aliphatic hydroxyl groups excluding tert-OH is 1. The summed E-state index contributed by atoms with van der Waals surface area (Å²) >= 11 is 0.924. The largest absolute Gasteiger partial charge is 0.507 e. The summed E-state index contributed by atoms with van der Waals surface area (Å²) < 4.78 is 21.4. The predicted molar refractivity (Wildman–Crippen MR) is 145 cm³/mol. The minimum atomic E-state index is -1.14. The van der Waals surface area contributed by atoms with Crippen molar-refractivity contribution in [1.82, 2.24) is 4.98 Å². The number of carbonyl (C=O) groups is 3. The van der Waals surface area contributed by atoms with E-state index in [1.165, 1.54) is 26.2 Å². The van der Waals surface area contributed by atoms with E-state index in [1.54, 1.807) is 57.2 Å². The summed E-state index contributed by atoms with van der Waals surface area (Å²) in [6, 6.07) is 8.78. The first kappa shape index (κ1) is 27.6. The van der Waals surface area contributed by atoms with Crippen LogP contribution >= 0.6 is 11.3 Å².